The van der Waals surface area contributed by atoms with Crippen molar-refractivity contribution in [1.82, 2.24) is 15.2 Å². The number of carbonyl (C=O) groups is 1. The fourth-order valence-electron chi connectivity index (χ4n) is 3.57. The van der Waals surface area contributed by atoms with E-state index in [4.69, 9.17) is 18.6 Å². The van der Waals surface area contributed by atoms with Gasteiger partial charge in [-0.3, -0.25) is 4.79 Å². The molecule has 1 aliphatic rings. The second-order valence-corrected chi connectivity index (χ2v) is 8.37. The predicted molar refractivity (Wildman–Crippen MR) is 133 cm³/mol. The normalized spacial score (nSPS) is 13.0. The van der Waals surface area contributed by atoms with Crippen LogP contribution < -0.4 is 14.2 Å². The van der Waals surface area contributed by atoms with E-state index in [2.05, 4.69) is 15.3 Å². The Balaban J connectivity index is 1.45. The first-order chi connectivity index (χ1) is 17.1. The van der Waals surface area contributed by atoms with Crippen molar-refractivity contribution in [2.45, 2.75) is 32.4 Å². The van der Waals surface area contributed by atoms with Gasteiger partial charge in [-0.15, -0.1) is 10.2 Å². The van der Waals surface area contributed by atoms with Crippen LogP contribution >= 0.6 is 11.8 Å². The summed E-state index contributed by atoms with van der Waals surface area (Å²) >= 11 is 1.18. The number of ether oxygens (including phenoxy) is 3. The van der Waals surface area contributed by atoms with Gasteiger partial charge in [-0.25, -0.2) is 5.01 Å². The summed E-state index contributed by atoms with van der Waals surface area (Å²) in [4.78, 5) is 12.7. The van der Waals surface area contributed by atoms with Crippen LogP contribution in [0.4, 0.5) is 0 Å². The number of carbonyl (C=O) groups excluding carboxylic acids is 1. The number of nitrogens with zero attached hydrogens (tertiary/aromatic N) is 4. The molecular formula is C25H28N4O5S. The molecule has 1 aromatic heterocycles. The number of rotatable bonds is 11. The van der Waals surface area contributed by atoms with Crippen LogP contribution in [0.5, 0.6) is 17.2 Å². The third kappa shape index (κ3) is 5.94. The van der Waals surface area contributed by atoms with E-state index in [1.165, 1.54) is 16.8 Å². The van der Waals surface area contributed by atoms with Crippen molar-refractivity contribution in [3.05, 3.63) is 48.0 Å². The third-order valence-electron chi connectivity index (χ3n) is 5.08. The van der Waals surface area contributed by atoms with Crippen molar-refractivity contribution in [1.29, 1.82) is 0 Å². The summed E-state index contributed by atoms with van der Waals surface area (Å²) in [5.74, 6) is 1.96. The van der Waals surface area contributed by atoms with Gasteiger partial charge in [-0.2, -0.15) is 5.10 Å². The molecule has 0 fully saturated rings. The molecule has 1 aliphatic heterocycles. The highest BCUT2D eigenvalue weighted by atomic mass is 32.2. The molecule has 0 unspecified atom stereocenters. The minimum atomic E-state index is -0.112. The Morgan fingerprint density at radius 1 is 0.971 bits per heavy atom. The van der Waals surface area contributed by atoms with Crippen molar-refractivity contribution in [3.8, 4) is 28.7 Å². The minimum absolute atomic E-state index is 0.112. The molecular weight excluding hydrogens is 468 g/mol. The molecule has 0 saturated heterocycles. The molecule has 0 aliphatic carbocycles. The van der Waals surface area contributed by atoms with Crippen LogP contribution in [0.25, 0.3) is 11.5 Å². The first-order valence-electron chi connectivity index (χ1n) is 11.6. The van der Waals surface area contributed by atoms with E-state index < -0.39 is 0 Å². The van der Waals surface area contributed by atoms with Gasteiger partial charge in [0.25, 0.3) is 11.1 Å². The van der Waals surface area contributed by atoms with Crippen LogP contribution in [-0.4, -0.2) is 58.9 Å². The topological polar surface area (TPSA) is 99.3 Å². The highest BCUT2D eigenvalue weighted by Gasteiger charge is 2.23. The summed E-state index contributed by atoms with van der Waals surface area (Å²) < 4.78 is 23.1. The molecule has 2 heterocycles. The Hall–Kier alpha value is -3.53. The lowest BCUT2D eigenvalue weighted by atomic mass is 10.1. The summed E-state index contributed by atoms with van der Waals surface area (Å²) in [5, 5.41) is 14.5. The van der Waals surface area contributed by atoms with E-state index in [1.807, 2.05) is 51.1 Å². The van der Waals surface area contributed by atoms with Crippen LogP contribution in [0.15, 0.2) is 57.2 Å². The minimum Gasteiger partial charge on any atom is -0.490 e. The summed E-state index contributed by atoms with van der Waals surface area (Å²) in [6.07, 6.45) is 0.729. The Labute approximate surface area is 208 Å². The maximum Gasteiger partial charge on any atom is 0.277 e. The molecule has 0 saturated carbocycles. The van der Waals surface area contributed by atoms with Gasteiger partial charge in [0.15, 0.2) is 11.5 Å². The molecule has 184 valence electrons. The zero-order chi connectivity index (χ0) is 24.6. The van der Waals surface area contributed by atoms with Gasteiger partial charge >= 0.3 is 0 Å². The number of hydrogen-bond donors (Lipinski definition) is 0. The molecule has 0 bridgehead atoms. The predicted octanol–water partition coefficient (Wildman–Crippen LogP) is 4.66. The van der Waals surface area contributed by atoms with Gasteiger partial charge in [0.1, 0.15) is 0 Å². The molecule has 9 nitrogen and oxygen atoms in total. The van der Waals surface area contributed by atoms with E-state index in [9.17, 15) is 4.79 Å². The maximum atomic E-state index is 12.7. The summed E-state index contributed by atoms with van der Waals surface area (Å²) in [7, 11) is 0. The number of thioether (sulfide) groups is 1. The number of hydrazone groups is 1. The van der Waals surface area contributed by atoms with E-state index in [0.717, 1.165) is 17.7 Å². The lowest BCUT2D eigenvalue weighted by Crippen LogP contribution is -2.25. The number of amides is 1. The first kappa shape index (κ1) is 24.6. The number of hydrogen-bond acceptors (Lipinski definition) is 9. The van der Waals surface area contributed by atoms with Gasteiger partial charge in [-0.1, -0.05) is 42.1 Å². The zero-order valence-electron chi connectivity index (χ0n) is 20.0. The number of aromatic nitrogens is 2. The van der Waals surface area contributed by atoms with E-state index in [1.54, 1.807) is 12.1 Å². The fourth-order valence-corrected chi connectivity index (χ4v) is 4.20. The molecule has 0 spiro atoms. The molecule has 0 radical (unpaired) electrons. The SMILES string of the molecule is CCOc1cc(-c2nnc(SCC(=O)N3CCC(c4ccccc4)=N3)o2)cc(OCC)c1OCC. The average molecular weight is 497 g/mol. The van der Waals surface area contributed by atoms with Gasteiger partial charge < -0.3 is 18.6 Å². The molecule has 3 aromatic rings. The quantitative estimate of drug-likeness (QED) is 0.354. The molecule has 10 heteroatoms. The van der Waals surface area contributed by atoms with Gasteiger partial charge in [-0.05, 0) is 38.5 Å². The van der Waals surface area contributed by atoms with E-state index >= 15 is 0 Å². The van der Waals surface area contributed by atoms with Crippen LogP contribution in [0.2, 0.25) is 0 Å². The van der Waals surface area contributed by atoms with Crippen LogP contribution in [0.3, 0.4) is 0 Å². The van der Waals surface area contributed by atoms with E-state index in [-0.39, 0.29) is 11.7 Å². The summed E-state index contributed by atoms with van der Waals surface area (Å²) in [6, 6.07) is 13.4. The largest absolute Gasteiger partial charge is 0.490 e. The van der Waals surface area contributed by atoms with Crippen molar-refractivity contribution in [2.75, 3.05) is 32.1 Å². The van der Waals surface area contributed by atoms with Crippen LogP contribution in [-0.2, 0) is 4.79 Å². The monoisotopic (exact) mass is 496 g/mol. The van der Waals surface area contributed by atoms with E-state index in [0.29, 0.717) is 60.3 Å². The van der Waals surface area contributed by atoms with Crippen molar-refractivity contribution in [2.24, 2.45) is 5.10 Å². The lowest BCUT2D eigenvalue weighted by Gasteiger charge is -2.16. The summed E-state index contributed by atoms with van der Waals surface area (Å²) in [5.41, 5.74) is 2.59. The third-order valence-corrected chi connectivity index (χ3v) is 5.88. The lowest BCUT2D eigenvalue weighted by molar-refractivity contribution is -0.127. The molecule has 35 heavy (non-hydrogen) atoms. The highest BCUT2D eigenvalue weighted by Crippen LogP contribution is 2.42. The Morgan fingerprint density at radius 2 is 1.66 bits per heavy atom. The second-order valence-electron chi connectivity index (χ2n) is 7.44. The molecule has 0 N–H and O–H groups in total. The van der Waals surface area contributed by atoms with Crippen molar-refractivity contribution >= 4 is 23.4 Å². The molecule has 2 aromatic carbocycles. The van der Waals surface area contributed by atoms with Gasteiger partial charge in [0.05, 0.1) is 37.8 Å². The smallest absolute Gasteiger partial charge is 0.277 e. The van der Waals surface area contributed by atoms with Gasteiger partial charge in [0, 0.05) is 12.0 Å². The Morgan fingerprint density at radius 3 is 2.31 bits per heavy atom. The van der Waals surface area contributed by atoms with Gasteiger partial charge in [0.2, 0.25) is 11.6 Å². The average Bonchev–Trinajstić information content (AvgIpc) is 3.56. The molecule has 0 atom stereocenters. The number of benzene rings is 2. The standard InChI is InChI=1S/C25H28N4O5S/c1-4-31-20-14-18(15-21(32-5-2)23(20)33-6-3)24-26-27-25(34-24)35-16-22(30)29-13-12-19(28-29)17-10-8-7-9-11-17/h7-11,14-15H,4-6,12-13,16H2,1-3H3. The fraction of sp³-hybridized carbons (Fsp3) is 0.360. The first-order valence-corrected chi connectivity index (χ1v) is 12.6. The zero-order valence-corrected chi connectivity index (χ0v) is 20.8. The van der Waals surface area contributed by atoms with Crippen molar-refractivity contribution < 1.29 is 23.4 Å². The summed E-state index contributed by atoms with van der Waals surface area (Å²) in [6.45, 7) is 7.66. The second kappa shape index (κ2) is 11.7. The van der Waals surface area contributed by atoms with Crippen molar-refractivity contribution in [3.63, 3.8) is 0 Å². The van der Waals surface area contributed by atoms with Crippen LogP contribution in [0.1, 0.15) is 32.8 Å². The molecule has 4 rings (SSSR count). The highest BCUT2D eigenvalue weighted by molar-refractivity contribution is 7.99. The Kier molecular flexibility index (Phi) is 8.25. The maximum absolute atomic E-state index is 12.7. The Bertz CT molecular complexity index is 1150. The van der Waals surface area contributed by atoms with Crippen LogP contribution in [0, 0.1) is 0 Å². The molecule has 1 amide bonds.